The van der Waals surface area contributed by atoms with E-state index in [2.05, 4.69) is 24.0 Å². The van der Waals surface area contributed by atoms with Crippen molar-refractivity contribution in [2.24, 2.45) is 0 Å². The Labute approximate surface area is 165 Å². The highest BCUT2D eigenvalue weighted by atomic mass is 32.2. The first kappa shape index (κ1) is 20.6. The van der Waals surface area contributed by atoms with Crippen LogP contribution in [0.4, 0.5) is 4.39 Å². The predicted octanol–water partition coefficient (Wildman–Crippen LogP) is 6.55. The summed E-state index contributed by atoms with van der Waals surface area (Å²) in [5, 5.41) is 0. The maximum Gasteiger partial charge on any atom is 0.123 e. The van der Waals surface area contributed by atoms with Crippen molar-refractivity contribution in [1.82, 2.24) is 0 Å². The highest BCUT2D eigenvalue weighted by molar-refractivity contribution is 7.98. The van der Waals surface area contributed by atoms with Crippen molar-refractivity contribution in [3.8, 4) is 17.6 Å². The summed E-state index contributed by atoms with van der Waals surface area (Å²) in [4.78, 5) is 1.10. The Morgan fingerprint density at radius 1 is 0.889 bits per heavy atom. The van der Waals surface area contributed by atoms with Gasteiger partial charge in [-0.25, -0.2) is 4.39 Å². The van der Waals surface area contributed by atoms with Gasteiger partial charge < -0.3 is 4.74 Å². The molecular weight excluding hydrogens is 355 g/mol. The summed E-state index contributed by atoms with van der Waals surface area (Å²) >= 11 is 1.74. The maximum atomic E-state index is 13.0. The molecule has 0 saturated carbocycles. The second kappa shape index (κ2) is 11.1. The molecule has 0 saturated heterocycles. The third-order valence-electron chi connectivity index (χ3n) is 3.61. The van der Waals surface area contributed by atoms with Crippen LogP contribution in [0.3, 0.4) is 0 Å². The molecule has 0 unspecified atom stereocenters. The molecule has 0 amide bonds. The molecular formula is C24H23FOS. The van der Waals surface area contributed by atoms with Crippen LogP contribution in [0.2, 0.25) is 0 Å². The van der Waals surface area contributed by atoms with E-state index in [4.69, 9.17) is 4.74 Å². The van der Waals surface area contributed by atoms with Crippen LogP contribution in [0.1, 0.15) is 30.5 Å². The lowest BCUT2D eigenvalue weighted by Crippen LogP contribution is -1.88. The number of hydrogen-bond donors (Lipinski definition) is 0. The van der Waals surface area contributed by atoms with Crippen molar-refractivity contribution in [2.75, 3.05) is 7.11 Å². The maximum absolute atomic E-state index is 13.0. The standard InChI is InChI=1S/C22H17FOS.C2H6/c1-24-21-13-14-22(25-16-18-5-3-2-4-6-18)19(15-21)10-7-17-8-11-20(23)12-9-17;1-2/h2-6,8-9,11-15H,16H2,1H3;1-2H3. The van der Waals surface area contributed by atoms with Gasteiger partial charge in [0.05, 0.1) is 7.11 Å². The highest BCUT2D eigenvalue weighted by Gasteiger charge is 2.04. The molecule has 1 nitrogen and oxygen atoms in total. The molecule has 0 spiro atoms. The van der Waals surface area contributed by atoms with Gasteiger partial charge in [-0.2, -0.15) is 0 Å². The molecule has 0 heterocycles. The van der Waals surface area contributed by atoms with Crippen LogP contribution in [0.5, 0.6) is 5.75 Å². The lowest BCUT2D eigenvalue weighted by Gasteiger charge is -2.07. The van der Waals surface area contributed by atoms with Crippen molar-refractivity contribution in [1.29, 1.82) is 0 Å². The first-order valence-electron chi connectivity index (χ1n) is 8.87. The first-order chi connectivity index (χ1) is 13.2. The average Bonchev–Trinajstić information content (AvgIpc) is 2.74. The van der Waals surface area contributed by atoms with Gasteiger partial charge in [-0.3, -0.25) is 0 Å². The third kappa shape index (κ3) is 6.51. The second-order valence-electron chi connectivity index (χ2n) is 5.39. The van der Waals surface area contributed by atoms with Gasteiger partial charge in [-0.1, -0.05) is 56.0 Å². The summed E-state index contributed by atoms with van der Waals surface area (Å²) in [6.45, 7) is 4.00. The van der Waals surface area contributed by atoms with E-state index in [1.54, 1.807) is 31.0 Å². The van der Waals surface area contributed by atoms with Gasteiger partial charge in [-0.15, -0.1) is 11.8 Å². The van der Waals surface area contributed by atoms with E-state index >= 15 is 0 Å². The molecule has 0 aliphatic carbocycles. The van der Waals surface area contributed by atoms with Gasteiger partial charge in [0.2, 0.25) is 0 Å². The van der Waals surface area contributed by atoms with E-state index < -0.39 is 0 Å². The van der Waals surface area contributed by atoms with Gasteiger partial charge in [0.1, 0.15) is 11.6 Å². The number of methoxy groups -OCH3 is 1. The predicted molar refractivity (Wildman–Crippen MR) is 113 cm³/mol. The van der Waals surface area contributed by atoms with E-state index in [1.807, 2.05) is 50.2 Å². The summed E-state index contributed by atoms with van der Waals surface area (Å²) in [6.07, 6.45) is 0. The molecule has 3 aromatic rings. The van der Waals surface area contributed by atoms with E-state index in [9.17, 15) is 4.39 Å². The van der Waals surface area contributed by atoms with Crippen LogP contribution in [-0.4, -0.2) is 7.11 Å². The number of benzene rings is 3. The number of hydrogen-bond acceptors (Lipinski definition) is 2. The number of thioether (sulfide) groups is 1. The van der Waals surface area contributed by atoms with Gasteiger partial charge in [0.15, 0.2) is 0 Å². The van der Waals surface area contributed by atoms with E-state index in [1.165, 1.54) is 17.7 Å². The van der Waals surface area contributed by atoms with E-state index in [-0.39, 0.29) is 5.82 Å². The van der Waals surface area contributed by atoms with Crippen LogP contribution in [-0.2, 0) is 5.75 Å². The van der Waals surface area contributed by atoms with Gasteiger partial charge in [0, 0.05) is 21.8 Å². The smallest absolute Gasteiger partial charge is 0.123 e. The number of halogens is 1. The van der Waals surface area contributed by atoms with E-state index in [0.717, 1.165) is 27.5 Å². The summed E-state index contributed by atoms with van der Waals surface area (Å²) in [5.74, 6) is 7.67. The fourth-order valence-corrected chi connectivity index (χ4v) is 3.21. The molecule has 3 rings (SSSR count). The molecule has 3 heteroatoms. The first-order valence-corrected chi connectivity index (χ1v) is 9.85. The minimum absolute atomic E-state index is 0.258. The summed E-state index contributed by atoms with van der Waals surface area (Å²) in [5.41, 5.74) is 2.95. The van der Waals surface area contributed by atoms with Crippen molar-refractivity contribution in [2.45, 2.75) is 24.5 Å². The van der Waals surface area contributed by atoms with Crippen molar-refractivity contribution >= 4 is 11.8 Å². The van der Waals surface area contributed by atoms with Gasteiger partial charge >= 0.3 is 0 Å². The largest absolute Gasteiger partial charge is 0.497 e. The van der Waals surface area contributed by atoms with Crippen LogP contribution in [0.25, 0.3) is 0 Å². The van der Waals surface area contributed by atoms with Crippen molar-refractivity contribution in [3.63, 3.8) is 0 Å². The van der Waals surface area contributed by atoms with Crippen molar-refractivity contribution < 1.29 is 9.13 Å². The Morgan fingerprint density at radius 3 is 2.26 bits per heavy atom. The minimum Gasteiger partial charge on any atom is -0.497 e. The molecule has 0 fully saturated rings. The topological polar surface area (TPSA) is 9.23 Å². The Hall–Kier alpha value is -2.70. The molecule has 0 N–H and O–H groups in total. The normalized spacial score (nSPS) is 9.48. The molecule has 27 heavy (non-hydrogen) atoms. The zero-order valence-electron chi connectivity index (χ0n) is 15.8. The Bertz CT molecular complexity index is 893. The van der Waals surface area contributed by atoms with Crippen LogP contribution in [0, 0.1) is 17.7 Å². The Morgan fingerprint density at radius 2 is 1.59 bits per heavy atom. The van der Waals surface area contributed by atoms with Crippen molar-refractivity contribution in [3.05, 3.63) is 95.3 Å². The zero-order valence-corrected chi connectivity index (χ0v) is 16.6. The van der Waals surface area contributed by atoms with Gasteiger partial charge in [0.25, 0.3) is 0 Å². The third-order valence-corrected chi connectivity index (χ3v) is 4.75. The minimum atomic E-state index is -0.258. The summed E-state index contributed by atoms with van der Waals surface area (Å²) in [7, 11) is 1.64. The van der Waals surface area contributed by atoms with Gasteiger partial charge in [-0.05, 0) is 48.0 Å². The van der Waals surface area contributed by atoms with Crippen LogP contribution >= 0.6 is 11.8 Å². The molecule has 0 aliphatic rings. The van der Waals surface area contributed by atoms with Crippen LogP contribution in [0.15, 0.2) is 77.7 Å². The van der Waals surface area contributed by atoms with E-state index in [0.29, 0.717) is 0 Å². The fraction of sp³-hybridized carbons (Fsp3) is 0.167. The zero-order chi connectivity index (χ0) is 19.5. The second-order valence-corrected chi connectivity index (χ2v) is 6.41. The summed E-state index contributed by atoms with van der Waals surface area (Å²) in [6, 6.07) is 22.4. The monoisotopic (exact) mass is 378 g/mol. The van der Waals surface area contributed by atoms with Crippen LogP contribution < -0.4 is 4.74 Å². The fourth-order valence-electron chi connectivity index (χ4n) is 2.27. The molecule has 0 aliphatic heterocycles. The molecule has 0 bridgehead atoms. The Kier molecular flexibility index (Phi) is 8.48. The lowest BCUT2D eigenvalue weighted by atomic mass is 10.1. The quantitative estimate of drug-likeness (QED) is 0.376. The molecule has 0 atom stereocenters. The highest BCUT2D eigenvalue weighted by Crippen LogP contribution is 2.29. The average molecular weight is 379 g/mol. The lowest BCUT2D eigenvalue weighted by molar-refractivity contribution is 0.414. The SMILES string of the molecule is CC.COc1ccc(SCc2ccccc2)c(C#Cc2ccc(F)cc2)c1. The number of ether oxygens (including phenoxy) is 1. The molecule has 138 valence electrons. The summed E-state index contributed by atoms with van der Waals surface area (Å²) < 4.78 is 18.3. The molecule has 3 aromatic carbocycles. The number of rotatable bonds is 4. The molecule has 0 radical (unpaired) electrons. The Balaban J connectivity index is 0.00000126. The molecule has 0 aromatic heterocycles.